The van der Waals surface area contributed by atoms with E-state index in [-0.39, 0.29) is 0 Å². The number of aryl methyl sites for hydroxylation is 2. The van der Waals surface area contributed by atoms with Gasteiger partial charge in [-0.2, -0.15) is 0 Å². The van der Waals surface area contributed by atoms with E-state index >= 15 is 0 Å². The third-order valence-corrected chi connectivity index (χ3v) is 5.35. The zero-order valence-corrected chi connectivity index (χ0v) is 15.4. The average molecular weight is 369 g/mol. The Morgan fingerprint density at radius 2 is 1.84 bits per heavy atom. The molecule has 0 saturated heterocycles. The molecule has 0 saturated carbocycles. The molecular formula is C18H15N3O2S2. The van der Waals surface area contributed by atoms with Crippen LogP contribution < -0.4 is 0 Å². The van der Waals surface area contributed by atoms with Crippen LogP contribution in [0.3, 0.4) is 0 Å². The van der Waals surface area contributed by atoms with Crippen molar-refractivity contribution in [1.82, 2.24) is 15.2 Å². The lowest BCUT2D eigenvalue weighted by atomic mass is 10.1. The highest BCUT2D eigenvalue weighted by Gasteiger charge is 2.15. The molecule has 0 amide bonds. The van der Waals surface area contributed by atoms with Gasteiger partial charge in [-0.15, -0.1) is 21.5 Å². The maximum atomic E-state index is 5.75. The van der Waals surface area contributed by atoms with Gasteiger partial charge in [0, 0.05) is 11.3 Å². The van der Waals surface area contributed by atoms with Crippen LogP contribution in [0, 0.1) is 13.8 Å². The van der Waals surface area contributed by atoms with E-state index in [1.54, 1.807) is 11.3 Å². The van der Waals surface area contributed by atoms with Gasteiger partial charge in [0.25, 0.3) is 5.22 Å². The van der Waals surface area contributed by atoms with Gasteiger partial charge in [-0.3, -0.25) is 0 Å². The molecule has 126 valence electrons. The molecule has 0 N–H and O–H groups in total. The van der Waals surface area contributed by atoms with E-state index in [4.69, 9.17) is 8.83 Å². The summed E-state index contributed by atoms with van der Waals surface area (Å²) in [5, 5.41) is 10.8. The van der Waals surface area contributed by atoms with Crippen LogP contribution >= 0.6 is 23.1 Å². The van der Waals surface area contributed by atoms with Gasteiger partial charge in [-0.25, -0.2) is 4.98 Å². The van der Waals surface area contributed by atoms with Crippen molar-refractivity contribution in [3.8, 4) is 22.2 Å². The number of hydrogen-bond donors (Lipinski definition) is 0. The summed E-state index contributed by atoms with van der Waals surface area (Å²) in [4.78, 5) is 5.60. The number of nitrogens with zero attached hydrogens (tertiary/aromatic N) is 3. The third kappa shape index (κ3) is 3.52. The van der Waals surface area contributed by atoms with Crippen molar-refractivity contribution in [2.45, 2.75) is 24.8 Å². The van der Waals surface area contributed by atoms with Crippen molar-refractivity contribution in [3.05, 3.63) is 58.8 Å². The molecular weight excluding hydrogens is 354 g/mol. The fraction of sp³-hybridized carbons (Fsp3) is 0.167. The zero-order chi connectivity index (χ0) is 17.2. The number of thiophene rings is 1. The van der Waals surface area contributed by atoms with Gasteiger partial charge in [-0.05, 0) is 37.4 Å². The van der Waals surface area contributed by atoms with Crippen LogP contribution in [0.2, 0.25) is 0 Å². The Bertz CT molecular complexity index is 972. The van der Waals surface area contributed by atoms with E-state index in [9.17, 15) is 0 Å². The topological polar surface area (TPSA) is 65.0 Å². The number of rotatable bonds is 5. The van der Waals surface area contributed by atoms with Crippen molar-refractivity contribution in [3.63, 3.8) is 0 Å². The molecule has 5 nitrogen and oxygen atoms in total. The Hall–Kier alpha value is -2.38. The van der Waals surface area contributed by atoms with E-state index in [0.29, 0.717) is 22.8 Å². The first kappa shape index (κ1) is 16.1. The normalized spacial score (nSPS) is 11.1. The van der Waals surface area contributed by atoms with Crippen LogP contribution in [0.25, 0.3) is 22.2 Å². The summed E-state index contributed by atoms with van der Waals surface area (Å²) in [7, 11) is 0. The molecule has 0 radical (unpaired) electrons. The van der Waals surface area contributed by atoms with Gasteiger partial charge in [0.1, 0.15) is 5.76 Å². The molecule has 4 rings (SSSR count). The lowest BCUT2D eigenvalue weighted by Gasteiger charge is -1.95. The highest BCUT2D eigenvalue weighted by molar-refractivity contribution is 7.98. The summed E-state index contributed by atoms with van der Waals surface area (Å²) < 4.78 is 11.5. The summed E-state index contributed by atoms with van der Waals surface area (Å²) in [6, 6.07) is 12.0. The van der Waals surface area contributed by atoms with Gasteiger partial charge in [0.05, 0.1) is 10.6 Å². The van der Waals surface area contributed by atoms with Crippen molar-refractivity contribution < 1.29 is 8.83 Å². The lowest BCUT2D eigenvalue weighted by molar-refractivity contribution is 0.465. The Morgan fingerprint density at radius 3 is 2.60 bits per heavy atom. The van der Waals surface area contributed by atoms with Gasteiger partial charge in [-0.1, -0.05) is 35.5 Å². The van der Waals surface area contributed by atoms with Crippen LogP contribution in [-0.4, -0.2) is 15.2 Å². The number of benzene rings is 1. The highest BCUT2D eigenvalue weighted by Crippen LogP contribution is 2.30. The monoisotopic (exact) mass is 369 g/mol. The highest BCUT2D eigenvalue weighted by atomic mass is 32.2. The second-order valence-electron chi connectivity index (χ2n) is 5.53. The van der Waals surface area contributed by atoms with E-state index in [1.807, 2.05) is 55.6 Å². The molecule has 0 aliphatic carbocycles. The van der Waals surface area contributed by atoms with Gasteiger partial charge < -0.3 is 8.83 Å². The molecule has 0 spiro atoms. The smallest absolute Gasteiger partial charge is 0.277 e. The number of oxazole rings is 1. The largest absolute Gasteiger partial charge is 0.440 e. The number of hydrogen-bond acceptors (Lipinski definition) is 7. The van der Waals surface area contributed by atoms with Gasteiger partial charge >= 0.3 is 0 Å². The molecule has 7 heteroatoms. The molecule has 0 bridgehead atoms. The van der Waals surface area contributed by atoms with E-state index in [1.165, 1.54) is 17.3 Å². The van der Waals surface area contributed by atoms with Gasteiger partial charge in [0.15, 0.2) is 0 Å². The minimum Gasteiger partial charge on any atom is -0.440 e. The quantitative estimate of drug-likeness (QED) is 0.441. The van der Waals surface area contributed by atoms with E-state index in [0.717, 1.165) is 21.9 Å². The Morgan fingerprint density at radius 1 is 1.00 bits per heavy atom. The molecule has 0 atom stereocenters. The summed E-state index contributed by atoms with van der Waals surface area (Å²) >= 11 is 3.07. The maximum Gasteiger partial charge on any atom is 0.277 e. The van der Waals surface area contributed by atoms with Crippen LogP contribution in [0.4, 0.5) is 0 Å². The molecule has 0 fully saturated rings. The molecule has 1 aromatic carbocycles. The Labute approximate surface area is 153 Å². The first-order chi connectivity index (χ1) is 12.2. The van der Waals surface area contributed by atoms with Crippen molar-refractivity contribution in [2.24, 2.45) is 0 Å². The molecule has 0 aliphatic rings. The summed E-state index contributed by atoms with van der Waals surface area (Å²) in [6.07, 6.45) is 0. The van der Waals surface area contributed by atoms with E-state index in [2.05, 4.69) is 15.2 Å². The van der Waals surface area contributed by atoms with Crippen molar-refractivity contribution in [1.29, 1.82) is 0 Å². The van der Waals surface area contributed by atoms with Crippen LogP contribution in [0.15, 0.2) is 55.8 Å². The van der Waals surface area contributed by atoms with Crippen LogP contribution in [0.5, 0.6) is 0 Å². The molecule has 0 unspecified atom stereocenters. The standard InChI is InChI=1S/C18H15N3O2S2/c1-11-5-7-13(8-6-11)16-20-21-18(23-16)25-10-14-12(2)22-17(19-14)15-4-3-9-24-15/h3-9H,10H2,1-2H3. The lowest BCUT2D eigenvalue weighted by Crippen LogP contribution is -1.84. The Kier molecular flexibility index (Phi) is 4.42. The minimum atomic E-state index is 0.524. The first-order valence-corrected chi connectivity index (χ1v) is 9.59. The number of aromatic nitrogens is 3. The Balaban J connectivity index is 1.46. The van der Waals surface area contributed by atoms with E-state index < -0.39 is 0 Å². The van der Waals surface area contributed by atoms with Gasteiger partial charge in [0.2, 0.25) is 11.8 Å². The number of thioether (sulfide) groups is 1. The first-order valence-electron chi connectivity index (χ1n) is 7.72. The van der Waals surface area contributed by atoms with Crippen LogP contribution in [0.1, 0.15) is 17.0 Å². The predicted molar refractivity (Wildman–Crippen MR) is 98.6 cm³/mol. The zero-order valence-electron chi connectivity index (χ0n) is 13.7. The predicted octanol–water partition coefficient (Wildman–Crippen LogP) is 5.36. The fourth-order valence-corrected chi connectivity index (χ4v) is 3.69. The molecule has 0 aliphatic heterocycles. The SMILES string of the molecule is Cc1ccc(-c2nnc(SCc3nc(-c4cccs4)oc3C)o2)cc1. The van der Waals surface area contributed by atoms with Crippen LogP contribution in [-0.2, 0) is 5.75 Å². The minimum absolute atomic E-state index is 0.524. The molecule has 4 aromatic rings. The fourth-order valence-electron chi connectivity index (χ4n) is 2.28. The molecule has 3 heterocycles. The molecule has 3 aromatic heterocycles. The summed E-state index contributed by atoms with van der Waals surface area (Å²) in [5.74, 6) is 2.62. The average Bonchev–Trinajstić information content (AvgIpc) is 3.35. The maximum absolute atomic E-state index is 5.75. The summed E-state index contributed by atoms with van der Waals surface area (Å²) in [6.45, 7) is 3.97. The molecule has 25 heavy (non-hydrogen) atoms. The second-order valence-corrected chi connectivity index (χ2v) is 7.40. The summed E-state index contributed by atoms with van der Waals surface area (Å²) in [5.41, 5.74) is 3.01. The van der Waals surface area contributed by atoms with Crippen molar-refractivity contribution in [2.75, 3.05) is 0 Å². The third-order valence-electron chi connectivity index (χ3n) is 3.66. The second kappa shape index (κ2) is 6.85. The van der Waals surface area contributed by atoms with Crippen molar-refractivity contribution >= 4 is 23.1 Å².